The fraction of sp³-hybridized carbons (Fsp3) is 0.382. The van der Waals surface area contributed by atoms with Gasteiger partial charge >= 0.3 is 12.0 Å². The van der Waals surface area contributed by atoms with Gasteiger partial charge in [0, 0.05) is 66.7 Å². The minimum atomic E-state index is -1.07. The number of carbonyl (C=O) groups excluding carboxylic acids is 2. The average molecular weight is 639 g/mol. The Morgan fingerprint density at radius 3 is 2.23 bits per heavy atom. The van der Waals surface area contributed by atoms with Crippen molar-refractivity contribution in [1.82, 2.24) is 9.80 Å². The summed E-state index contributed by atoms with van der Waals surface area (Å²) in [6.45, 7) is 2.96. The van der Waals surface area contributed by atoms with Gasteiger partial charge in [-0.1, -0.05) is 77.3 Å². The summed E-state index contributed by atoms with van der Waals surface area (Å²) < 4.78 is 0. The number of urea groups is 1. The Morgan fingerprint density at radius 2 is 1.59 bits per heavy atom. The molecule has 3 aromatic rings. The van der Waals surface area contributed by atoms with Gasteiger partial charge in [0.1, 0.15) is 0 Å². The Bertz CT molecular complexity index is 1510. The number of carbonyl (C=O) groups is 3. The first-order chi connectivity index (χ1) is 20.9. The second-order valence-electron chi connectivity index (χ2n) is 12.3. The van der Waals surface area contributed by atoms with Crippen LogP contribution >= 0.6 is 23.2 Å². The van der Waals surface area contributed by atoms with Gasteiger partial charge < -0.3 is 20.0 Å². The summed E-state index contributed by atoms with van der Waals surface area (Å²) in [5.74, 6) is -1.23. The molecule has 2 aliphatic rings. The Morgan fingerprint density at radius 1 is 0.909 bits per heavy atom. The molecule has 1 unspecified atom stereocenters. The number of hydrogen-bond acceptors (Lipinski definition) is 4. The van der Waals surface area contributed by atoms with Gasteiger partial charge in [-0.25, -0.2) is 4.79 Å². The van der Waals surface area contributed by atoms with Gasteiger partial charge in [-0.2, -0.15) is 0 Å². The molecule has 0 spiro atoms. The van der Waals surface area contributed by atoms with E-state index in [1.807, 2.05) is 61.5 Å². The molecular weight excluding hydrogens is 601 g/mol. The van der Waals surface area contributed by atoms with Crippen molar-refractivity contribution in [3.8, 4) is 0 Å². The number of aliphatic hydroxyl groups is 1. The van der Waals surface area contributed by atoms with Crippen LogP contribution in [0.15, 0.2) is 72.8 Å². The average Bonchev–Trinajstić information content (AvgIpc) is 2.97. The fourth-order valence-corrected chi connectivity index (χ4v) is 6.83. The van der Waals surface area contributed by atoms with E-state index in [-0.39, 0.29) is 44.4 Å². The molecule has 3 amide bonds. The van der Waals surface area contributed by atoms with Crippen molar-refractivity contribution < 1.29 is 24.6 Å². The molecule has 0 saturated carbocycles. The summed E-state index contributed by atoms with van der Waals surface area (Å²) in [5, 5.41) is 22.2. The second kappa shape index (κ2) is 13.2. The van der Waals surface area contributed by atoms with E-state index >= 15 is 0 Å². The van der Waals surface area contributed by atoms with Crippen LogP contribution in [0.4, 0.5) is 10.5 Å². The van der Waals surface area contributed by atoms with Gasteiger partial charge in [0.2, 0.25) is 5.91 Å². The number of hydrogen-bond donors (Lipinski definition) is 2. The number of anilines is 1. The summed E-state index contributed by atoms with van der Waals surface area (Å²) in [6.07, 6.45) is 1.00. The molecule has 2 N–H and O–H groups in total. The summed E-state index contributed by atoms with van der Waals surface area (Å²) >= 11 is 12.6. The fourth-order valence-electron chi connectivity index (χ4n) is 6.37. The van der Waals surface area contributed by atoms with Crippen LogP contribution < -0.4 is 4.90 Å². The number of carboxylic acid groups (broad SMARTS) is 1. The van der Waals surface area contributed by atoms with Crippen LogP contribution in [0.2, 0.25) is 10.0 Å². The van der Waals surface area contributed by atoms with E-state index < -0.39 is 17.0 Å². The maximum absolute atomic E-state index is 13.9. The lowest BCUT2D eigenvalue weighted by Gasteiger charge is -2.48. The van der Waals surface area contributed by atoms with Crippen molar-refractivity contribution in [3.05, 3.63) is 99.5 Å². The van der Waals surface area contributed by atoms with E-state index in [9.17, 15) is 24.6 Å². The minimum Gasteiger partial charge on any atom is -0.481 e. The highest BCUT2D eigenvalue weighted by Crippen LogP contribution is 2.39. The monoisotopic (exact) mass is 637 g/mol. The van der Waals surface area contributed by atoms with Crippen molar-refractivity contribution in [2.75, 3.05) is 31.1 Å². The number of halogens is 2. The zero-order valence-corrected chi connectivity index (χ0v) is 26.2. The van der Waals surface area contributed by atoms with Crippen molar-refractivity contribution >= 4 is 46.8 Å². The number of aliphatic carboxylic acids is 1. The summed E-state index contributed by atoms with van der Waals surface area (Å²) in [4.78, 5) is 44.9. The lowest BCUT2D eigenvalue weighted by atomic mass is 9.77. The largest absolute Gasteiger partial charge is 0.481 e. The Balaban J connectivity index is 1.39. The van der Waals surface area contributed by atoms with E-state index in [1.54, 1.807) is 32.9 Å². The normalized spacial score (nSPS) is 20.1. The summed E-state index contributed by atoms with van der Waals surface area (Å²) in [5.41, 5.74) is 1.37. The smallest absolute Gasteiger partial charge is 0.324 e. The van der Waals surface area contributed by atoms with Gasteiger partial charge in [0.25, 0.3) is 0 Å². The Hall–Kier alpha value is -3.59. The third kappa shape index (κ3) is 7.54. The number of aryl methyl sites for hydroxylation is 1. The minimum absolute atomic E-state index is 0.0586. The first-order valence-corrected chi connectivity index (χ1v) is 15.5. The molecule has 0 aromatic heterocycles. The molecule has 0 radical (unpaired) electrons. The van der Waals surface area contributed by atoms with E-state index in [2.05, 4.69) is 0 Å². The highest BCUT2D eigenvalue weighted by atomic mass is 35.5. The van der Waals surface area contributed by atoms with Gasteiger partial charge in [-0.05, 0) is 55.2 Å². The van der Waals surface area contributed by atoms with E-state index in [1.165, 1.54) is 0 Å². The van der Waals surface area contributed by atoms with Gasteiger partial charge in [0.15, 0.2) is 0 Å². The van der Waals surface area contributed by atoms with Gasteiger partial charge in [0.05, 0.1) is 12.0 Å². The number of nitrogens with zero attached hydrogens (tertiary/aromatic N) is 3. The third-order valence-electron chi connectivity index (χ3n) is 8.72. The molecule has 0 bridgehead atoms. The van der Waals surface area contributed by atoms with Crippen molar-refractivity contribution in [3.63, 3.8) is 0 Å². The molecule has 0 aliphatic carbocycles. The SMILES string of the molecule is Cc1ccc(N2CC(CC(=O)O)(CC(=O)N3CCC(O)(Cc4ccccc4)CC3)CN(Cc3ccc(Cl)cc3Cl)C2=O)cc1. The molecule has 2 heterocycles. The highest BCUT2D eigenvalue weighted by Gasteiger charge is 2.47. The van der Waals surface area contributed by atoms with Crippen LogP contribution in [-0.2, 0) is 22.6 Å². The van der Waals surface area contributed by atoms with Gasteiger partial charge in [-0.3, -0.25) is 14.5 Å². The lowest BCUT2D eigenvalue weighted by Crippen LogP contribution is -2.60. The lowest BCUT2D eigenvalue weighted by molar-refractivity contribution is -0.143. The predicted octanol–water partition coefficient (Wildman–Crippen LogP) is 6.19. The standard InChI is InChI=1S/C34H37Cl2N3O5/c1-24-7-11-28(12-8-24)39-23-33(20-31(41)42,22-38(32(39)43)21-26-9-10-27(35)17-29(26)36)19-30(40)37-15-13-34(44,14-16-37)18-25-5-3-2-4-6-25/h2-12,17,44H,13-16,18-23H2,1H3,(H,41,42). The first-order valence-electron chi connectivity index (χ1n) is 14.8. The first kappa shape index (κ1) is 31.8. The van der Waals surface area contributed by atoms with E-state index in [0.29, 0.717) is 53.6 Å². The molecule has 44 heavy (non-hydrogen) atoms. The summed E-state index contributed by atoms with van der Waals surface area (Å²) in [6, 6.07) is 22.0. The van der Waals surface area contributed by atoms with Gasteiger partial charge in [-0.15, -0.1) is 0 Å². The molecule has 1 atom stereocenters. The van der Waals surface area contributed by atoms with Crippen LogP contribution in [0.5, 0.6) is 0 Å². The van der Waals surface area contributed by atoms with Crippen LogP contribution in [0.25, 0.3) is 0 Å². The zero-order valence-electron chi connectivity index (χ0n) is 24.7. The maximum atomic E-state index is 13.9. The molecule has 2 aliphatic heterocycles. The van der Waals surface area contributed by atoms with Crippen molar-refractivity contribution in [2.45, 2.75) is 51.2 Å². The number of likely N-dealkylation sites (tertiary alicyclic amines) is 1. The van der Waals surface area contributed by atoms with E-state index in [0.717, 1.165) is 11.1 Å². The van der Waals surface area contributed by atoms with Crippen LogP contribution in [0.3, 0.4) is 0 Å². The van der Waals surface area contributed by atoms with Crippen LogP contribution in [0.1, 0.15) is 42.4 Å². The second-order valence-corrected chi connectivity index (χ2v) is 13.2. The predicted molar refractivity (Wildman–Crippen MR) is 171 cm³/mol. The number of rotatable bonds is 9. The molecule has 8 nitrogen and oxygen atoms in total. The molecule has 5 rings (SSSR count). The third-order valence-corrected chi connectivity index (χ3v) is 9.31. The molecule has 232 valence electrons. The highest BCUT2D eigenvalue weighted by molar-refractivity contribution is 6.35. The number of benzene rings is 3. The number of amides is 3. The topological polar surface area (TPSA) is 101 Å². The van der Waals surface area contributed by atoms with Crippen molar-refractivity contribution in [1.29, 1.82) is 0 Å². The Labute approximate surface area is 267 Å². The van der Waals surface area contributed by atoms with Crippen LogP contribution in [-0.4, -0.2) is 69.7 Å². The maximum Gasteiger partial charge on any atom is 0.324 e. The summed E-state index contributed by atoms with van der Waals surface area (Å²) in [7, 11) is 0. The molecule has 2 saturated heterocycles. The Kier molecular flexibility index (Phi) is 9.53. The van der Waals surface area contributed by atoms with Crippen molar-refractivity contribution in [2.24, 2.45) is 5.41 Å². The zero-order chi connectivity index (χ0) is 31.5. The number of carboxylic acids is 1. The molecule has 10 heteroatoms. The molecular formula is C34H37Cl2N3O5. The molecule has 2 fully saturated rings. The quantitative estimate of drug-likeness (QED) is 0.291. The van der Waals surface area contributed by atoms with E-state index in [4.69, 9.17) is 23.2 Å². The molecule has 3 aromatic carbocycles. The van der Waals surface area contributed by atoms with Crippen LogP contribution in [0, 0.1) is 12.3 Å². The number of piperidine rings is 1.